The van der Waals surface area contributed by atoms with Gasteiger partial charge < -0.3 is 14.7 Å². The van der Waals surface area contributed by atoms with Crippen LogP contribution in [0.25, 0.3) is 0 Å². The number of hydrogen-bond donors (Lipinski definition) is 1. The molecule has 0 aromatic carbocycles. The molecule has 4 amide bonds. The van der Waals surface area contributed by atoms with Gasteiger partial charge in [0.1, 0.15) is 12.3 Å². The van der Waals surface area contributed by atoms with E-state index in [1.807, 2.05) is 12.2 Å². The molecule has 27 heavy (non-hydrogen) atoms. The van der Waals surface area contributed by atoms with E-state index in [1.165, 1.54) is 11.9 Å². The standard InChI is InChI=1S/C18H20N4O5/c1-9-5-12(20-27-9)19-13(23)7-21(2)14(24)8-22-17(25)15-10-3-4-11(6-10)16(15)18(22)26/h3-5,10-11,15-16H,6-8H2,1-2H3,(H,19,20,23)/t10-,11-,15-,16-/m0/s1. The lowest BCUT2D eigenvalue weighted by Gasteiger charge is -2.21. The highest BCUT2D eigenvalue weighted by Gasteiger charge is 2.59. The summed E-state index contributed by atoms with van der Waals surface area (Å²) in [6, 6.07) is 1.56. The maximum absolute atomic E-state index is 12.6. The number of imide groups is 1. The van der Waals surface area contributed by atoms with Crippen molar-refractivity contribution in [1.82, 2.24) is 15.0 Å². The molecule has 1 saturated carbocycles. The van der Waals surface area contributed by atoms with Crippen LogP contribution in [0.2, 0.25) is 0 Å². The highest BCUT2D eigenvalue weighted by molar-refractivity contribution is 6.08. The summed E-state index contributed by atoms with van der Waals surface area (Å²) in [4.78, 5) is 51.9. The van der Waals surface area contributed by atoms with Gasteiger partial charge in [0, 0.05) is 13.1 Å². The molecule has 9 nitrogen and oxygen atoms in total. The predicted molar refractivity (Wildman–Crippen MR) is 91.9 cm³/mol. The van der Waals surface area contributed by atoms with E-state index in [0.29, 0.717) is 5.76 Å². The van der Waals surface area contributed by atoms with Crippen LogP contribution < -0.4 is 5.32 Å². The molecule has 1 aromatic rings. The van der Waals surface area contributed by atoms with Crippen LogP contribution in [0.1, 0.15) is 12.2 Å². The third-order valence-electron chi connectivity index (χ3n) is 5.56. The molecule has 1 aliphatic heterocycles. The smallest absolute Gasteiger partial charge is 0.245 e. The number of nitrogens with zero attached hydrogens (tertiary/aromatic N) is 3. The van der Waals surface area contributed by atoms with Crippen molar-refractivity contribution >= 4 is 29.4 Å². The first-order valence-electron chi connectivity index (χ1n) is 8.86. The first-order chi connectivity index (χ1) is 12.8. The third-order valence-corrected chi connectivity index (χ3v) is 5.56. The van der Waals surface area contributed by atoms with Gasteiger partial charge in [-0.05, 0) is 25.2 Å². The molecule has 0 radical (unpaired) electrons. The zero-order valence-electron chi connectivity index (χ0n) is 15.0. The van der Waals surface area contributed by atoms with Crippen LogP contribution in [-0.2, 0) is 19.2 Å². The van der Waals surface area contributed by atoms with E-state index in [2.05, 4.69) is 10.5 Å². The molecule has 0 unspecified atom stereocenters. The molecule has 2 bridgehead atoms. The number of carbonyl (C=O) groups is 4. The van der Waals surface area contributed by atoms with Crippen LogP contribution >= 0.6 is 0 Å². The van der Waals surface area contributed by atoms with Gasteiger partial charge in [-0.3, -0.25) is 24.1 Å². The van der Waals surface area contributed by atoms with Gasteiger partial charge in [-0.1, -0.05) is 17.3 Å². The van der Waals surface area contributed by atoms with Crippen molar-refractivity contribution in [2.24, 2.45) is 23.7 Å². The number of aromatic nitrogens is 1. The number of allylic oxidation sites excluding steroid dienone is 2. The SMILES string of the molecule is Cc1cc(NC(=O)CN(C)C(=O)CN2C(=O)[C@@H]3[C@@H](C2=O)[C@H]2C=C[C@H]3C2)no1. The largest absolute Gasteiger partial charge is 0.360 e. The number of aryl methyl sites for hydroxylation is 1. The summed E-state index contributed by atoms with van der Waals surface area (Å²) in [5.41, 5.74) is 0. The number of likely N-dealkylation sites (tertiary alicyclic amines) is 1. The first kappa shape index (κ1) is 17.4. The van der Waals surface area contributed by atoms with Crippen LogP contribution in [0.4, 0.5) is 5.82 Å². The van der Waals surface area contributed by atoms with Gasteiger partial charge in [0.2, 0.25) is 23.6 Å². The average Bonchev–Trinajstić information content (AvgIpc) is 3.36. The monoisotopic (exact) mass is 372 g/mol. The topological polar surface area (TPSA) is 113 Å². The van der Waals surface area contributed by atoms with E-state index in [4.69, 9.17) is 4.52 Å². The second-order valence-electron chi connectivity index (χ2n) is 7.38. The van der Waals surface area contributed by atoms with E-state index < -0.39 is 11.8 Å². The summed E-state index contributed by atoms with van der Waals surface area (Å²) in [5, 5.41) is 6.17. The Hall–Kier alpha value is -2.97. The molecule has 2 aliphatic carbocycles. The predicted octanol–water partition coefficient (Wildman–Crippen LogP) is 0.187. The van der Waals surface area contributed by atoms with Gasteiger partial charge in [-0.25, -0.2) is 0 Å². The number of nitrogens with one attached hydrogen (secondary N) is 1. The first-order valence-corrected chi connectivity index (χ1v) is 8.86. The Kier molecular flexibility index (Phi) is 4.09. The highest BCUT2D eigenvalue weighted by Crippen LogP contribution is 2.52. The number of fused-ring (bicyclic) bond motifs is 5. The highest BCUT2D eigenvalue weighted by atomic mass is 16.5. The molecule has 0 spiro atoms. The van der Waals surface area contributed by atoms with Gasteiger partial charge >= 0.3 is 0 Å². The molecule has 2 heterocycles. The Morgan fingerprint density at radius 2 is 1.89 bits per heavy atom. The summed E-state index contributed by atoms with van der Waals surface area (Å²) in [5.74, 6) is -1.10. The molecule has 9 heteroatoms. The molecule has 1 saturated heterocycles. The number of likely N-dealkylation sites (N-methyl/N-ethyl adjacent to an activating group) is 1. The van der Waals surface area contributed by atoms with Crippen LogP contribution in [0.15, 0.2) is 22.7 Å². The summed E-state index contributed by atoms with van der Waals surface area (Å²) in [6.07, 6.45) is 4.85. The molecule has 142 valence electrons. The Labute approximate surface area is 155 Å². The fraction of sp³-hybridized carbons (Fsp3) is 0.500. The van der Waals surface area contributed by atoms with E-state index in [1.54, 1.807) is 13.0 Å². The molecular weight excluding hydrogens is 352 g/mol. The van der Waals surface area contributed by atoms with Gasteiger partial charge in [-0.15, -0.1) is 0 Å². The van der Waals surface area contributed by atoms with Crippen molar-refractivity contribution < 1.29 is 23.7 Å². The number of anilines is 1. The molecule has 1 aromatic heterocycles. The van der Waals surface area contributed by atoms with Crippen LogP contribution in [-0.4, -0.2) is 58.7 Å². The fourth-order valence-electron chi connectivity index (χ4n) is 4.29. The van der Waals surface area contributed by atoms with Crippen molar-refractivity contribution in [2.75, 3.05) is 25.5 Å². The molecule has 4 atom stereocenters. The maximum atomic E-state index is 12.6. The summed E-state index contributed by atoms with van der Waals surface area (Å²) in [6.45, 7) is 1.14. The van der Waals surface area contributed by atoms with E-state index >= 15 is 0 Å². The molecule has 1 N–H and O–H groups in total. The lowest BCUT2D eigenvalue weighted by atomic mass is 9.85. The van der Waals surface area contributed by atoms with Crippen LogP contribution in [0.5, 0.6) is 0 Å². The zero-order chi connectivity index (χ0) is 19.3. The number of amides is 4. The van der Waals surface area contributed by atoms with Gasteiger partial charge in [0.15, 0.2) is 5.82 Å². The van der Waals surface area contributed by atoms with E-state index in [9.17, 15) is 19.2 Å². The van der Waals surface area contributed by atoms with Crippen molar-refractivity contribution in [2.45, 2.75) is 13.3 Å². The lowest BCUT2D eigenvalue weighted by Crippen LogP contribution is -2.44. The Bertz CT molecular complexity index is 830. The minimum absolute atomic E-state index is 0.103. The van der Waals surface area contributed by atoms with Crippen LogP contribution in [0, 0.1) is 30.6 Å². The Morgan fingerprint density at radius 1 is 1.26 bits per heavy atom. The van der Waals surface area contributed by atoms with Gasteiger partial charge in [0.25, 0.3) is 0 Å². The maximum Gasteiger partial charge on any atom is 0.245 e. The molecule has 4 rings (SSSR count). The second kappa shape index (κ2) is 6.33. The van der Waals surface area contributed by atoms with Crippen molar-refractivity contribution in [3.63, 3.8) is 0 Å². The Balaban J connectivity index is 1.34. The minimum Gasteiger partial charge on any atom is -0.360 e. The number of hydrogen-bond acceptors (Lipinski definition) is 6. The average molecular weight is 372 g/mol. The Morgan fingerprint density at radius 3 is 2.44 bits per heavy atom. The van der Waals surface area contributed by atoms with E-state index in [0.717, 1.165) is 11.3 Å². The fourth-order valence-corrected chi connectivity index (χ4v) is 4.29. The second-order valence-corrected chi connectivity index (χ2v) is 7.38. The molecule has 3 aliphatic rings. The minimum atomic E-state index is -0.469. The van der Waals surface area contributed by atoms with Crippen molar-refractivity contribution in [3.05, 3.63) is 24.0 Å². The van der Waals surface area contributed by atoms with Gasteiger partial charge in [0.05, 0.1) is 18.4 Å². The molecular formula is C18H20N4O5. The quantitative estimate of drug-likeness (QED) is 0.583. The molecule has 2 fully saturated rings. The van der Waals surface area contributed by atoms with Gasteiger partial charge in [-0.2, -0.15) is 0 Å². The normalized spacial score (nSPS) is 28.0. The lowest BCUT2D eigenvalue weighted by molar-refractivity contribution is -0.147. The van der Waals surface area contributed by atoms with Crippen LogP contribution in [0.3, 0.4) is 0 Å². The number of carbonyl (C=O) groups excluding carboxylic acids is 4. The van der Waals surface area contributed by atoms with E-state index in [-0.39, 0.29) is 54.4 Å². The third kappa shape index (κ3) is 2.92. The number of rotatable bonds is 5. The summed E-state index contributed by atoms with van der Waals surface area (Å²) in [7, 11) is 1.45. The zero-order valence-corrected chi connectivity index (χ0v) is 15.0. The summed E-state index contributed by atoms with van der Waals surface area (Å²) < 4.78 is 4.86. The van der Waals surface area contributed by atoms with Crippen molar-refractivity contribution in [3.8, 4) is 0 Å². The summed E-state index contributed by atoms with van der Waals surface area (Å²) >= 11 is 0. The van der Waals surface area contributed by atoms with Crippen molar-refractivity contribution in [1.29, 1.82) is 0 Å².